The summed E-state index contributed by atoms with van der Waals surface area (Å²) in [5.41, 5.74) is 8.99. The Kier molecular flexibility index (Phi) is 34.6. The number of aromatic nitrogens is 1. The highest BCUT2D eigenvalue weighted by molar-refractivity contribution is 7.22. The van der Waals surface area contributed by atoms with E-state index in [4.69, 9.17) is 28.4 Å². The molecule has 0 saturated heterocycles. The lowest BCUT2D eigenvalue weighted by Gasteiger charge is -2.27. The van der Waals surface area contributed by atoms with Gasteiger partial charge in [-0.25, -0.2) is 14.6 Å². The van der Waals surface area contributed by atoms with Gasteiger partial charge in [0.05, 0.1) is 55.9 Å². The second kappa shape index (κ2) is 41.0. The number of ether oxygens (including phenoxy) is 6. The summed E-state index contributed by atoms with van der Waals surface area (Å²) < 4.78 is 33.0. The standard InChI is InChI=1S/C25H36O3.C23H32O6.C19H21N3OS.CH4/c1-4-25(26)28-18-8-6-5-7-17-27-24-15-11-22(12-16-24)19-21(3)23-13-9-20(2)10-14-23;1-4-22(25)28-16-8-6-5-7-15-27-18(2)9-10-19(3)29-23(26)21-13-11-20(17-24)12-14-21;1-3-4-7-14-10-11-17(23-2)15(12-14)13-20-22-19-21-16-8-5-6-9-18(16)24-19;/h4,11-12,15-16,20,23H,1,3,5-10,13-14,17-19H2,2H3;4,9-10,17,20-21H,1-3,5-8,11-16H2;5-6,8-13H,3-4,7H2,1-2H3,(H,21,22);1H4/b;10-9-;20-13+;. The van der Waals surface area contributed by atoms with E-state index in [1.165, 1.54) is 61.3 Å². The van der Waals surface area contributed by atoms with Gasteiger partial charge in [-0.15, -0.1) is 0 Å². The van der Waals surface area contributed by atoms with Crippen LogP contribution in [-0.2, 0) is 51.0 Å². The highest BCUT2D eigenvalue weighted by atomic mass is 32.1. The van der Waals surface area contributed by atoms with E-state index < -0.39 is 5.97 Å². The molecule has 0 amide bonds. The van der Waals surface area contributed by atoms with Crippen molar-refractivity contribution < 1.29 is 47.6 Å². The molecular weight excluding hydrogens is 1050 g/mol. The Bertz CT molecular complexity index is 2610. The van der Waals surface area contributed by atoms with Crippen molar-refractivity contribution in [2.75, 3.05) is 39.0 Å². The largest absolute Gasteiger partial charge is 0.496 e. The zero-order chi connectivity index (χ0) is 58.5. The van der Waals surface area contributed by atoms with E-state index in [-0.39, 0.29) is 37.0 Å². The third-order valence-corrected chi connectivity index (χ3v) is 15.1. The number of nitrogens with one attached hydrogen (secondary N) is 1. The fourth-order valence-electron chi connectivity index (χ4n) is 9.22. The van der Waals surface area contributed by atoms with E-state index in [9.17, 15) is 19.2 Å². The minimum Gasteiger partial charge on any atom is -0.496 e. The Morgan fingerprint density at radius 3 is 1.89 bits per heavy atom. The zero-order valence-corrected chi connectivity index (χ0v) is 49.3. The number of methoxy groups -OCH3 is 1. The van der Waals surface area contributed by atoms with Gasteiger partial charge in [0.1, 0.15) is 29.3 Å². The minimum atomic E-state index is -0.394. The molecule has 2 aliphatic carbocycles. The van der Waals surface area contributed by atoms with Crippen LogP contribution in [0.2, 0.25) is 0 Å². The summed E-state index contributed by atoms with van der Waals surface area (Å²) in [4.78, 5) is 49.2. The van der Waals surface area contributed by atoms with Gasteiger partial charge in [-0.3, -0.25) is 10.2 Å². The normalized spacial score (nSPS) is 16.4. The Balaban J connectivity index is 0.000000322. The maximum atomic E-state index is 12.1. The van der Waals surface area contributed by atoms with Crippen molar-refractivity contribution in [1.82, 2.24) is 4.98 Å². The van der Waals surface area contributed by atoms with Crippen molar-refractivity contribution in [3.8, 4) is 11.5 Å². The number of fused-ring (bicyclic) bond motifs is 1. The number of carbonyl (C=O) groups excluding carboxylic acids is 4. The van der Waals surface area contributed by atoms with Crippen LogP contribution in [0.15, 0.2) is 146 Å². The van der Waals surface area contributed by atoms with Gasteiger partial charge in [0.2, 0.25) is 5.13 Å². The molecule has 1 heterocycles. The van der Waals surface area contributed by atoms with Crippen molar-refractivity contribution >= 4 is 57.1 Å². The number of hydrogen-bond donors (Lipinski definition) is 1. The Morgan fingerprint density at radius 1 is 0.707 bits per heavy atom. The molecule has 1 aromatic heterocycles. The molecule has 2 fully saturated rings. The van der Waals surface area contributed by atoms with Gasteiger partial charge in [-0.1, -0.05) is 121 Å². The van der Waals surface area contributed by atoms with E-state index in [1.54, 1.807) is 36.8 Å². The van der Waals surface area contributed by atoms with Gasteiger partial charge in [-0.05, 0) is 181 Å². The summed E-state index contributed by atoms with van der Waals surface area (Å²) in [5, 5.41) is 5.12. The quantitative estimate of drug-likeness (QED) is 0.00460. The summed E-state index contributed by atoms with van der Waals surface area (Å²) >= 11 is 1.59. The van der Waals surface area contributed by atoms with Crippen LogP contribution in [0.1, 0.15) is 154 Å². The second-order valence-corrected chi connectivity index (χ2v) is 21.7. The highest BCUT2D eigenvalue weighted by Crippen LogP contribution is 2.34. The zero-order valence-electron chi connectivity index (χ0n) is 48.5. The van der Waals surface area contributed by atoms with E-state index in [0.29, 0.717) is 44.3 Å². The number of aldehydes is 1. The SMILES string of the molecule is C.C=CC(=O)OCCCCCCOC(=C)/C=C\C(=C)OC(=O)C1CCC(C=O)CC1.C=CC(=O)OCCCCCCOc1ccc(CC(=C)C2CCC(C)CC2)cc1.CCCCc1ccc(OC)c(/C=N/Nc2nc3ccccc3s2)c1. The van der Waals surface area contributed by atoms with Crippen LogP contribution in [0.5, 0.6) is 11.5 Å². The number of anilines is 1. The first kappa shape index (κ1) is 69.2. The predicted molar refractivity (Wildman–Crippen MR) is 335 cm³/mol. The maximum Gasteiger partial charge on any atom is 0.330 e. The lowest BCUT2D eigenvalue weighted by Crippen LogP contribution is -2.23. The molecule has 1 N–H and O–H groups in total. The third kappa shape index (κ3) is 28.1. The molecule has 82 heavy (non-hydrogen) atoms. The molecule has 3 aromatic carbocycles. The van der Waals surface area contributed by atoms with Crippen LogP contribution < -0.4 is 14.9 Å². The highest BCUT2D eigenvalue weighted by Gasteiger charge is 2.27. The second-order valence-electron chi connectivity index (χ2n) is 20.7. The number of allylic oxidation sites excluding steroid dienone is 3. The molecule has 4 aromatic rings. The molecule has 2 saturated carbocycles. The van der Waals surface area contributed by atoms with Crippen molar-refractivity contribution in [3.63, 3.8) is 0 Å². The molecule has 14 heteroatoms. The number of nitrogens with zero attached hydrogens (tertiary/aromatic N) is 2. The maximum absolute atomic E-state index is 12.1. The summed E-state index contributed by atoms with van der Waals surface area (Å²) in [7, 11) is 1.68. The van der Waals surface area contributed by atoms with E-state index in [0.717, 1.165) is 134 Å². The fraction of sp³-hybridized carbons (Fsp3) is 0.471. The molecule has 6 rings (SSSR count). The van der Waals surface area contributed by atoms with Crippen LogP contribution in [0.3, 0.4) is 0 Å². The van der Waals surface area contributed by atoms with E-state index >= 15 is 0 Å². The predicted octanol–water partition coefficient (Wildman–Crippen LogP) is 16.4. The smallest absolute Gasteiger partial charge is 0.330 e. The topological polar surface area (TPSA) is 161 Å². The third-order valence-electron chi connectivity index (χ3n) is 14.2. The van der Waals surface area contributed by atoms with Crippen molar-refractivity contribution in [2.24, 2.45) is 28.8 Å². The van der Waals surface area contributed by atoms with Gasteiger partial charge >= 0.3 is 17.9 Å². The number of benzene rings is 3. The fourth-order valence-corrected chi connectivity index (χ4v) is 10.0. The number of aryl methyl sites for hydroxylation is 1. The number of para-hydroxylation sites is 1. The molecule has 446 valence electrons. The molecule has 0 spiro atoms. The number of carbonyl (C=O) groups is 4. The molecular formula is C68H93N3O10S. The minimum absolute atomic E-state index is 0. The summed E-state index contributed by atoms with van der Waals surface area (Å²) in [6.07, 6.45) is 28.4. The molecule has 0 unspecified atom stereocenters. The molecule has 0 radical (unpaired) electrons. The summed E-state index contributed by atoms with van der Waals surface area (Å²) in [6.45, 7) is 25.3. The van der Waals surface area contributed by atoms with Crippen molar-refractivity contribution in [2.45, 2.75) is 150 Å². The number of rotatable bonds is 33. The molecule has 0 aliphatic heterocycles. The van der Waals surface area contributed by atoms with Crippen LogP contribution in [0.25, 0.3) is 10.2 Å². The van der Waals surface area contributed by atoms with Crippen LogP contribution in [-0.4, -0.2) is 68.9 Å². The van der Waals surface area contributed by atoms with Gasteiger partial charge in [0, 0.05) is 23.6 Å². The summed E-state index contributed by atoms with van der Waals surface area (Å²) in [6, 6.07) is 22.8. The first-order valence-corrected chi connectivity index (χ1v) is 29.8. The van der Waals surface area contributed by atoms with Crippen molar-refractivity contribution in [1.29, 1.82) is 0 Å². The van der Waals surface area contributed by atoms with Gasteiger partial charge in [-0.2, -0.15) is 5.10 Å². The number of unbranched alkanes of at least 4 members (excludes halogenated alkanes) is 7. The number of hydrogen-bond acceptors (Lipinski definition) is 14. The van der Waals surface area contributed by atoms with Crippen molar-refractivity contribution in [3.05, 3.63) is 158 Å². The van der Waals surface area contributed by atoms with Gasteiger partial charge in [0.25, 0.3) is 0 Å². The Morgan fingerprint density at radius 2 is 1.29 bits per heavy atom. The number of hydrazone groups is 1. The average molecular weight is 1140 g/mol. The van der Waals surface area contributed by atoms with Crippen LogP contribution >= 0.6 is 11.3 Å². The monoisotopic (exact) mass is 1140 g/mol. The Labute approximate surface area is 494 Å². The number of thiazole rings is 1. The molecule has 0 atom stereocenters. The average Bonchev–Trinajstić information content (AvgIpc) is 3.93. The lowest BCUT2D eigenvalue weighted by molar-refractivity contribution is -0.145. The van der Waals surface area contributed by atoms with Gasteiger partial charge < -0.3 is 33.2 Å². The summed E-state index contributed by atoms with van der Waals surface area (Å²) in [5.74, 6) is 2.91. The van der Waals surface area contributed by atoms with Crippen LogP contribution in [0, 0.1) is 23.7 Å². The molecule has 13 nitrogen and oxygen atoms in total. The van der Waals surface area contributed by atoms with E-state index in [1.807, 2.05) is 24.3 Å². The van der Waals surface area contributed by atoms with E-state index in [2.05, 4.69) is 105 Å². The molecule has 0 bridgehead atoms. The first-order chi connectivity index (χ1) is 39.3. The first-order valence-electron chi connectivity index (χ1n) is 29.0. The molecule has 2 aliphatic rings. The number of esters is 3. The van der Waals surface area contributed by atoms with Crippen LogP contribution in [0.4, 0.5) is 5.13 Å². The Hall–Kier alpha value is -7.06. The van der Waals surface area contributed by atoms with Gasteiger partial charge in [0.15, 0.2) is 0 Å². The lowest BCUT2D eigenvalue weighted by atomic mass is 9.78.